The molecule has 0 spiro atoms. The Labute approximate surface area is 158 Å². The summed E-state index contributed by atoms with van der Waals surface area (Å²) in [5.74, 6) is -0.930. The van der Waals surface area contributed by atoms with E-state index in [0.717, 1.165) is 11.1 Å². The maximum atomic E-state index is 12.0. The molecule has 2 aromatic carbocycles. The van der Waals surface area contributed by atoms with Crippen molar-refractivity contribution in [3.8, 4) is 0 Å². The molecule has 1 atom stereocenters. The van der Waals surface area contributed by atoms with Crippen LogP contribution in [0.2, 0.25) is 0 Å². The van der Waals surface area contributed by atoms with Gasteiger partial charge in [0, 0.05) is 0 Å². The van der Waals surface area contributed by atoms with Crippen LogP contribution in [-0.4, -0.2) is 26.9 Å². The minimum Gasteiger partial charge on any atom is -0.455 e. The van der Waals surface area contributed by atoms with E-state index in [1.165, 1.54) is 12.1 Å². The van der Waals surface area contributed by atoms with E-state index in [9.17, 15) is 18.0 Å². The van der Waals surface area contributed by atoms with Crippen LogP contribution in [0.3, 0.4) is 0 Å². The molecule has 2 rings (SSSR count). The molecule has 0 heterocycles. The number of carbonyl (C=O) groups is 2. The lowest BCUT2D eigenvalue weighted by Gasteiger charge is -2.15. The third-order valence-electron chi connectivity index (χ3n) is 4.05. The standard InChI is InChI=1S/C19H22N2O5S/c1-13-5-3-4-6-16(13)11-19(23)26-12-18(22)21-14(2)15-7-9-17(10-8-15)27(20,24)25/h3-10,14H,11-12H2,1-2H3,(H,21,22)(H2,20,24,25)/t14-/m1/s1. The predicted molar refractivity (Wildman–Crippen MR) is 100 cm³/mol. The first-order valence-electron chi connectivity index (χ1n) is 8.29. The molecule has 0 bridgehead atoms. The highest BCUT2D eigenvalue weighted by molar-refractivity contribution is 7.89. The summed E-state index contributed by atoms with van der Waals surface area (Å²) in [7, 11) is -3.76. The van der Waals surface area contributed by atoms with E-state index in [0.29, 0.717) is 5.56 Å². The number of carbonyl (C=O) groups excluding carboxylic acids is 2. The first-order valence-corrected chi connectivity index (χ1v) is 9.83. The van der Waals surface area contributed by atoms with E-state index in [4.69, 9.17) is 9.88 Å². The van der Waals surface area contributed by atoms with Crippen molar-refractivity contribution in [2.24, 2.45) is 5.14 Å². The molecule has 144 valence electrons. The van der Waals surface area contributed by atoms with Crippen molar-refractivity contribution in [3.63, 3.8) is 0 Å². The van der Waals surface area contributed by atoms with Crippen molar-refractivity contribution in [3.05, 3.63) is 65.2 Å². The molecule has 27 heavy (non-hydrogen) atoms. The summed E-state index contributed by atoms with van der Waals surface area (Å²) in [5, 5.41) is 7.74. The highest BCUT2D eigenvalue weighted by Crippen LogP contribution is 2.15. The van der Waals surface area contributed by atoms with Crippen molar-refractivity contribution in [2.75, 3.05) is 6.61 Å². The minimum absolute atomic E-state index is 0.00471. The SMILES string of the molecule is Cc1ccccc1CC(=O)OCC(=O)N[C@H](C)c1ccc(S(N)(=O)=O)cc1. The van der Waals surface area contributed by atoms with Crippen LogP contribution in [0.1, 0.15) is 29.7 Å². The Balaban J connectivity index is 1.84. The van der Waals surface area contributed by atoms with E-state index < -0.39 is 21.9 Å². The molecule has 2 aromatic rings. The lowest BCUT2D eigenvalue weighted by Crippen LogP contribution is -2.31. The van der Waals surface area contributed by atoms with E-state index in [1.54, 1.807) is 19.1 Å². The molecule has 7 nitrogen and oxygen atoms in total. The maximum absolute atomic E-state index is 12.0. The van der Waals surface area contributed by atoms with E-state index in [-0.39, 0.29) is 24.0 Å². The fourth-order valence-corrected chi connectivity index (χ4v) is 2.99. The number of hydrogen-bond acceptors (Lipinski definition) is 5. The normalized spacial score (nSPS) is 12.3. The van der Waals surface area contributed by atoms with Gasteiger partial charge in [-0.15, -0.1) is 0 Å². The number of ether oxygens (including phenoxy) is 1. The van der Waals surface area contributed by atoms with Gasteiger partial charge in [0.15, 0.2) is 6.61 Å². The van der Waals surface area contributed by atoms with Crippen molar-refractivity contribution < 1.29 is 22.7 Å². The Morgan fingerprint density at radius 2 is 1.74 bits per heavy atom. The summed E-state index contributed by atoms with van der Waals surface area (Å²) in [4.78, 5) is 23.9. The van der Waals surface area contributed by atoms with Gasteiger partial charge in [-0.1, -0.05) is 36.4 Å². The lowest BCUT2D eigenvalue weighted by atomic mass is 10.1. The number of primary sulfonamides is 1. The molecule has 0 aliphatic rings. The molecule has 0 aliphatic carbocycles. The third kappa shape index (κ3) is 6.19. The summed E-state index contributed by atoms with van der Waals surface area (Å²) in [5.41, 5.74) is 2.53. The zero-order valence-corrected chi connectivity index (χ0v) is 16.0. The minimum atomic E-state index is -3.76. The number of rotatable bonds is 7. The number of esters is 1. The van der Waals surface area contributed by atoms with E-state index in [2.05, 4.69) is 5.32 Å². The molecule has 0 saturated heterocycles. The number of aryl methyl sites for hydroxylation is 1. The van der Waals surface area contributed by atoms with Gasteiger partial charge < -0.3 is 10.1 Å². The van der Waals surface area contributed by atoms with Crippen LogP contribution in [-0.2, 0) is 30.8 Å². The monoisotopic (exact) mass is 390 g/mol. The summed E-state index contributed by atoms with van der Waals surface area (Å²) < 4.78 is 27.5. The number of nitrogens with one attached hydrogen (secondary N) is 1. The van der Waals surface area contributed by atoms with Gasteiger partial charge in [0.05, 0.1) is 17.4 Å². The highest BCUT2D eigenvalue weighted by atomic mass is 32.2. The number of amides is 1. The fraction of sp³-hybridized carbons (Fsp3) is 0.263. The van der Waals surface area contributed by atoms with Crippen LogP contribution in [0.15, 0.2) is 53.4 Å². The van der Waals surface area contributed by atoms with Gasteiger partial charge in [-0.25, -0.2) is 13.6 Å². The molecule has 3 N–H and O–H groups in total. The molecule has 0 aromatic heterocycles. The second kappa shape index (κ2) is 8.79. The second-order valence-electron chi connectivity index (χ2n) is 6.17. The van der Waals surface area contributed by atoms with Crippen LogP contribution < -0.4 is 10.5 Å². The zero-order chi connectivity index (χ0) is 20.0. The van der Waals surface area contributed by atoms with Crippen molar-refractivity contribution in [1.29, 1.82) is 0 Å². The first kappa shape index (κ1) is 20.6. The quantitative estimate of drug-likeness (QED) is 0.697. The Kier molecular flexibility index (Phi) is 6.70. The molecular formula is C19H22N2O5S. The zero-order valence-electron chi connectivity index (χ0n) is 15.1. The Bertz CT molecular complexity index is 923. The van der Waals surface area contributed by atoms with Crippen molar-refractivity contribution in [1.82, 2.24) is 5.32 Å². The lowest BCUT2D eigenvalue weighted by molar-refractivity contribution is -0.148. The number of sulfonamides is 1. The number of nitrogens with two attached hydrogens (primary N) is 1. The average Bonchev–Trinajstić information content (AvgIpc) is 2.61. The van der Waals surface area contributed by atoms with E-state index >= 15 is 0 Å². The molecule has 0 radical (unpaired) electrons. The maximum Gasteiger partial charge on any atom is 0.310 e. The largest absolute Gasteiger partial charge is 0.455 e. The smallest absolute Gasteiger partial charge is 0.310 e. The van der Waals surface area contributed by atoms with Crippen LogP contribution in [0.25, 0.3) is 0 Å². The van der Waals surface area contributed by atoms with Crippen LogP contribution in [0.4, 0.5) is 0 Å². The van der Waals surface area contributed by atoms with E-state index in [1.807, 2.05) is 31.2 Å². The average molecular weight is 390 g/mol. The summed E-state index contributed by atoms with van der Waals surface area (Å²) in [6.07, 6.45) is 0.102. The number of benzene rings is 2. The summed E-state index contributed by atoms with van der Waals surface area (Å²) in [6, 6.07) is 12.9. The summed E-state index contributed by atoms with van der Waals surface area (Å²) in [6.45, 7) is 3.25. The second-order valence-corrected chi connectivity index (χ2v) is 7.73. The molecule has 1 amide bonds. The van der Waals surface area contributed by atoms with Gasteiger partial charge >= 0.3 is 5.97 Å². The van der Waals surface area contributed by atoms with Gasteiger partial charge in [0.25, 0.3) is 5.91 Å². The molecule has 0 unspecified atom stereocenters. The first-order chi connectivity index (χ1) is 12.7. The van der Waals surface area contributed by atoms with Gasteiger partial charge in [-0.05, 0) is 42.7 Å². The van der Waals surface area contributed by atoms with Crippen molar-refractivity contribution >= 4 is 21.9 Å². The van der Waals surface area contributed by atoms with Gasteiger partial charge in [-0.2, -0.15) is 0 Å². The van der Waals surface area contributed by atoms with Gasteiger partial charge in [0.2, 0.25) is 10.0 Å². The third-order valence-corrected chi connectivity index (χ3v) is 4.98. The molecular weight excluding hydrogens is 368 g/mol. The van der Waals surface area contributed by atoms with Crippen molar-refractivity contribution in [2.45, 2.75) is 31.2 Å². The number of hydrogen-bond donors (Lipinski definition) is 2. The van der Waals surface area contributed by atoms with Crippen LogP contribution >= 0.6 is 0 Å². The Morgan fingerprint density at radius 3 is 2.33 bits per heavy atom. The molecule has 0 aliphatic heterocycles. The molecule has 0 fully saturated rings. The van der Waals surface area contributed by atoms with Gasteiger partial charge in [0.1, 0.15) is 0 Å². The van der Waals surface area contributed by atoms with Crippen LogP contribution in [0.5, 0.6) is 0 Å². The van der Waals surface area contributed by atoms with Crippen LogP contribution in [0, 0.1) is 6.92 Å². The highest BCUT2D eigenvalue weighted by Gasteiger charge is 2.14. The molecule has 8 heteroatoms. The molecule has 0 saturated carbocycles. The predicted octanol–water partition coefficient (Wildman–Crippen LogP) is 1.61. The van der Waals surface area contributed by atoms with Gasteiger partial charge in [-0.3, -0.25) is 9.59 Å². The summed E-state index contributed by atoms with van der Waals surface area (Å²) >= 11 is 0. The fourth-order valence-electron chi connectivity index (χ4n) is 2.47. The Hall–Kier alpha value is -2.71. The Morgan fingerprint density at radius 1 is 1.11 bits per heavy atom. The topological polar surface area (TPSA) is 116 Å².